The maximum Gasteiger partial charge on any atom is 0.137 e. The van der Waals surface area contributed by atoms with Crippen molar-refractivity contribution in [1.29, 1.82) is 5.26 Å². The van der Waals surface area contributed by atoms with Crippen LogP contribution in [0.5, 0.6) is 5.75 Å². The van der Waals surface area contributed by atoms with E-state index in [2.05, 4.69) is 6.07 Å². The van der Waals surface area contributed by atoms with Crippen LogP contribution < -0.4 is 4.74 Å². The first-order valence-electron chi connectivity index (χ1n) is 5.60. The van der Waals surface area contributed by atoms with Crippen LogP contribution in [0.2, 0.25) is 0 Å². The van der Waals surface area contributed by atoms with Gasteiger partial charge in [-0.1, -0.05) is 26.0 Å². The normalized spacial score (nSPS) is 12.1. The van der Waals surface area contributed by atoms with Gasteiger partial charge in [0.1, 0.15) is 11.8 Å². The maximum atomic E-state index is 11.6. The lowest BCUT2D eigenvalue weighted by Gasteiger charge is -2.08. The number of hydrogen-bond donors (Lipinski definition) is 0. The monoisotopic (exact) mass is 251 g/mol. The highest BCUT2D eigenvalue weighted by molar-refractivity contribution is 7.85. The molecule has 1 rings (SSSR count). The van der Waals surface area contributed by atoms with E-state index in [9.17, 15) is 4.21 Å². The van der Waals surface area contributed by atoms with Crippen molar-refractivity contribution in [3.05, 3.63) is 29.8 Å². The van der Waals surface area contributed by atoms with Crippen LogP contribution in [0.1, 0.15) is 19.4 Å². The molecule has 0 saturated carbocycles. The van der Waals surface area contributed by atoms with Gasteiger partial charge in [0.15, 0.2) is 0 Å². The Hall–Kier alpha value is -1.34. The smallest absolute Gasteiger partial charge is 0.137 e. The molecule has 1 unspecified atom stereocenters. The van der Waals surface area contributed by atoms with Gasteiger partial charge in [-0.3, -0.25) is 4.21 Å². The standard InChI is InChI=1S/C13H17NO2S/c1-11(2)10-17(15)8-7-16-13-6-4-3-5-12(13)9-14/h3-6,11H,7-8,10H2,1-2H3. The number of hydrogen-bond acceptors (Lipinski definition) is 3. The lowest BCUT2D eigenvalue weighted by molar-refractivity contribution is 0.341. The van der Waals surface area contributed by atoms with Gasteiger partial charge in [0.25, 0.3) is 0 Å². The minimum Gasteiger partial charge on any atom is -0.491 e. The van der Waals surface area contributed by atoms with Crippen LogP contribution in [0.15, 0.2) is 24.3 Å². The van der Waals surface area contributed by atoms with Crippen LogP contribution in [-0.4, -0.2) is 22.3 Å². The van der Waals surface area contributed by atoms with Gasteiger partial charge in [-0.2, -0.15) is 5.26 Å². The summed E-state index contributed by atoms with van der Waals surface area (Å²) in [4.78, 5) is 0. The van der Waals surface area contributed by atoms with E-state index in [-0.39, 0.29) is 0 Å². The van der Waals surface area contributed by atoms with Gasteiger partial charge < -0.3 is 4.74 Å². The highest BCUT2D eigenvalue weighted by Crippen LogP contribution is 2.16. The van der Waals surface area contributed by atoms with E-state index in [4.69, 9.17) is 10.00 Å². The second-order valence-electron chi connectivity index (χ2n) is 4.16. The van der Waals surface area contributed by atoms with Crippen molar-refractivity contribution in [2.45, 2.75) is 13.8 Å². The number of rotatable bonds is 6. The molecule has 0 heterocycles. The third-order valence-corrected chi connectivity index (χ3v) is 3.76. The summed E-state index contributed by atoms with van der Waals surface area (Å²) in [7, 11) is -0.840. The first kappa shape index (κ1) is 13.7. The molecule has 0 amide bonds. The molecule has 0 N–H and O–H groups in total. The predicted molar refractivity (Wildman–Crippen MR) is 69.4 cm³/mol. The zero-order valence-electron chi connectivity index (χ0n) is 10.2. The van der Waals surface area contributed by atoms with E-state index in [1.807, 2.05) is 19.9 Å². The van der Waals surface area contributed by atoms with E-state index in [1.165, 1.54) is 0 Å². The van der Waals surface area contributed by atoms with Gasteiger partial charge >= 0.3 is 0 Å². The van der Waals surface area contributed by atoms with E-state index in [0.29, 0.717) is 35.3 Å². The maximum absolute atomic E-state index is 11.6. The molecule has 4 heteroatoms. The fourth-order valence-corrected chi connectivity index (χ4v) is 2.56. The van der Waals surface area contributed by atoms with Crippen molar-refractivity contribution in [2.24, 2.45) is 5.92 Å². The highest BCUT2D eigenvalue weighted by atomic mass is 32.2. The summed E-state index contributed by atoms with van der Waals surface area (Å²) >= 11 is 0. The lowest BCUT2D eigenvalue weighted by atomic mass is 10.2. The molecule has 0 bridgehead atoms. The molecule has 0 aliphatic rings. The Kier molecular flexibility index (Phi) is 5.71. The van der Waals surface area contributed by atoms with E-state index >= 15 is 0 Å². The Morgan fingerprint density at radius 2 is 2.12 bits per heavy atom. The Morgan fingerprint density at radius 1 is 1.41 bits per heavy atom. The zero-order chi connectivity index (χ0) is 12.7. The Morgan fingerprint density at radius 3 is 2.76 bits per heavy atom. The van der Waals surface area contributed by atoms with Gasteiger partial charge in [-0.15, -0.1) is 0 Å². The minimum atomic E-state index is -0.840. The van der Waals surface area contributed by atoms with Crippen molar-refractivity contribution >= 4 is 10.8 Å². The summed E-state index contributed by atoms with van der Waals surface area (Å²) in [6, 6.07) is 9.14. The second-order valence-corrected chi connectivity index (χ2v) is 5.78. The first-order chi connectivity index (χ1) is 8.13. The predicted octanol–water partition coefficient (Wildman–Crippen LogP) is 2.34. The molecule has 1 aromatic carbocycles. The SMILES string of the molecule is CC(C)CS(=O)CCOc1ccccc1C#N. The summed E-state index contributed by atoms with van der Waals surface area (Å²) in [5.41, 5.74) is 0.516. The topological polar surface area (TPSA) is 50.1 Å². The molecular weight excluding hydrogens is 234 g/mol. The summed E-state index contributed by atoms with van der Waals surface area (Å²) in [5, 5.41) is 8.86. The van der Waals surface area contributed by atoms with Crippen molar-refractivity contribution in [3.8, 4) is 11.8 Å². The molecule has 92 valence electrons. The summed E-state index contributed by atoms with van der Waals surface area (Å²) in [6.45, 7) is 4.48. The summed E-state index contributed by atoms with van der Waals surface area (Å²) < 4.78 is 17.0. The van der Waals surface area contributed by atoms with Gasteiger partial charge in [-0.25, -0.2) is 0 Å². The van der Waals surface area contributed by atoms with Crippen LogP contribution in [0, 0.1) is 17.2 Å². The average Bonchev–Trinajstić information content (AvgIpc) is 2.28. The summed E-state index contributed by atoms with van der Waals surface area (Å²) in [6.07, 6.45) is 0. The fourth-order valence-electron chi connectivity index (χ4n) is 1.38. The molecule has 0 aliphatic carbocycles. The van der Waals surface area contributed by atoms with Crippen LogP contribution >= 0.6 is 0 Å². The fraction of sp³-hybridized carbons (Fsp3) is 0.462. The molecule has 0 spiro atoms. The van der Waals surface area contributed by atoms with Crippen molar-refractivity contribution in [2.75, 3.05) is 18.1 Å². The molecule has 0 aromatic heterocycles. The van der Waals surface area contributed by atoms with Gasteiger partial charge in [0, 0.05) is 16.6 Å². The Bertz CT molecular complexity index is 424. The van der Waals surface area contributed by atoms with Crippen molar-refractivity contribution < 1.29 is 8.95 Å². The van der Waals surface area contributed by atoms with Crippen molar-refractivity contribution in [3.63, 3.8) is 0 Å². The van der Waals surface area contributed by atoms with Crippen LogP contribution in [-0.2, 0) is 10.8 Å². The highest BCUT2D eigenvalue weighted by Gasteiger charge is 2.05. The third-order valence-electron chi connectivity index (χ3n) is 2.10. The second kappa shape index (κ2) is 7.08. The molecule has 1 aromatic rings. The number of ether oxygens (including phenoxy) is 1. The molecule has 0 fully saturated rings. The molecule has 0 saturated heterocycles. The van der Waals surface area contributed by atoms with Gasteiger partial charge in [0.05, 0.1) is 17.9 Å². The minimum absolute atomic E-state index is 0.387. The van der Waals surface area contributed by atoms with Crippen LogP contribution in [0.25, 0.3) is 0 Å². The number of nitriles is 1. The number of benzene rings is 1. The summed E-state index contributed by atoms with van der Waals surface area (Å²) in [5.74, 6) is 2.21. The quantitative estimate of drug-likeness (QED) is 0.779. The molecule has 0 aliphatic heterocycles. The number of para-hydroxylation sites is 1. The van der Waals surface area contributed by atoms with Crippen molar-refractivity contribution in [1.82, 2.24) is 0 Å². The Balaban J connectivity index is 2.41. The van der Waals surface area contributed by atoms with Crippen LogP contribution in [0.3, 0.4) is 0 Å². The van der Waals surface area contributed by atoms with E-state index < -0.39 is 10.8 Å². The molecule has 0 radical (unpaired) electrons. The molecule has 17 heavy (non-hydrogen) atoms. The van der Waals surface area contributed by atoms with E-state index in [1.54, 1.807) is 18.2 Å². The first-order valence-corrected chi connectivity index (χ1v) is 7.09. The largest absolute Gasteiger partial charge is 0.491 e. The van der Waals surface area contributed by atoms with Gasteiger partial charge in [0.2, 0.25) is 0 Å². The lowest BCUT2D eigenvalue weighted by Crippen LogP contribution is -2.14. The third kappa shape index (κ3) is 5.01. The van der Waals surface area contributed by atoms with Gasteiger partial charge in [-0.05, 0) is 18.1 Å². The van der Waals surface area contributed by atoms with E-state index in [0.717, 1.165) is 0 Å². The Labute approximate surface area is 105 Å². The van der Waals surface area contributed by atoms with Crippen LogP contribution in [0.4, 0.5) is 0 Å². The average molecular weight is 251 g/mol. The molecular formula is C13H17NO2S. The molecule has 3 nitrogen and oxygen atoms in total. The number of nitrogens with zero attached hydrogens (tertiary/aromatic N) is 1. The zero-order valence-corrected chi connectivity index (χ0v) is 11.0. The molecule has 1 atom stereocenters.